The van der Waals surface area contributed by atoms with Crippen molar-refractivity contribution in [1.82, 2.24) is 14.7 Å². The molecule has 4 aliphatic rings. The topological polar surface area (TPSA) is 117 Å². The molecule has 1 N–H and O–H groups in total. The van der Waals surface area contributed by atoms with Crippen molar-refractivity contribution in [3.05, 3.63) is 59.7 Å². The Morgan fingerprint density at radius 2 is 1.48 bits per heavy atom. The monoisotopic (exact) mass is 659 g/mol. The molecule has 258 valence electrons. The van der Waals surface area contributed by atoms with Crippen molar-refractivity contribution in [3.8, 4) is 11.1 Å². The van der Waals surface area contributed by atoms with Crippen molar-refractivity contribution in [2.75, 3.05) is 46.5 Å². The third-order valence-electron chi connectivity index (χ3n) is 11.0. The molecular weight excluding hydrogens is 610 g/mol. The average molecular weight is 660 g/mol. The van der Waals surface area contributed by atoms with Gasteiger partial charge in [0.15, 0.2) is 0 Å². The fourth-order valence-electron chi connectivity index (χ4n) is 8.47. The van der Waals surface area contributed by atoms with Crippen LogP contribution in [0.2, 0.25) is 0 Å². The first-order valence-corrected chi connectivity index (χ1v) is 17.8. The number of nitrogens with zero attached hydrogens (tertiary/aromatic N) is 3. The second-order valence-electron chi connectivity index (χ2n) is 13.9. The zero-order chi connectivity index (χ0) is 33.6. The Labute approximate surface area is 283 Å². The Morgan fingerprint density at radius 1 is 0.896 bits per heavy atom. The van der Waals surface area contributed by atoms with Gasteiger partial charge in [-0.25, -0.2) is 4.79 Å². The molecule has 10 nitrogen and oxygen atoms in total. The minimum Gasteiger partial charge on any atom is -0.481 e. The molecule has 2 saturated carbocycles. The van der Waals surface area contributed by atoms with Gasteiger partial charge in [-0.3, -0.25) is 19.3 Å². The van der Waals surface area contributed by atoms with E-state index in [1.165, 1.54) is 9.80 Å². The second kappa shape index (κ2) is 15.5. The standard InChI is InChI=1S/C38H49N3O7/c1-39(38(46)48-25-32-30-16-8-6-14-28(30)29-15-7-9-17-31(29)32)35(27-12-4-5-13-27)37(45)41(19-18-26-10-2-3-11-26)33(24-34(42)43)36(44)40-20-22-47-23-21-40/h6-9,14-17,26-27,32-33,35H,2-5,10-13,18-25H2,1H3,(H,42,43)/t33-,35-/m0/s1. The molecule has 0 bridgehead atoms. The lowest BCUT2D eigenvalue weighted by atomic mass is 9.93. The molecule has 1 heterocycles. The van der Waals surface area contributed by atoms with Crippen LogP contribution in [0.3, 0.4) is 0 Å². The lowest BCUT2D eigenvalue weighted by Crippen LogP contribution is -2.60. The van der Waals surface area contributed by atoms with Gasteiger partial charge in [0.2, 0.25) is 11.8 Å². The highest BCUT2D eigenvalue weighted by Gasteiger charge is 2.44. The van der Waals surface area contributed by atoms with Crippen molar-refractivity contribution in [1.29, 1.82) is 0 Å². The molecule has 2 aromatic carbocycles. The zero-order valence-corrected chi connectivity index (χ0v) is 28.1. The van der Waals surface area contributed by atoms with Crippen molar-refractivity contribution in [3.63, 3.8) is 0 Å². The van der Waals surface area contributed by atoms with Crippen LogP contribution in [0, 0.1) is 11.8 Å². The van der Waals surface area contributed by atoms with Gasteiger partial charge in [-0.15, -0.1) is 0 Å². The summed E-state index contributed by atoms with van der Waals surface area (Å²) < 4.78 is 11.5. The third kappa shape index (κ3) is 7.38. The summed E-state index contributed by atoms with van der Waals surface area (Å²) in [5.74, 6) is -1.67. The van der Waals surface area contributed by atoms with Crippen molar-refractivity contribution in [2.24, 2.45) is 11.8 Å². The summed E-state index contributed by atoms with van der Waals surface area (Å²) in [6.07, 6.45) is 7.46. The Morgan fingerprint density at radius 3 is 2.08 bits per heavy atom. The fourth-order valence-corrected chi connectivity index (χ4v) is 8.47. The number of amides is 3. The number of hydrogen-bond acceptors (Lipinski definition) is 6. The number of rotatable bonds is 12. The number of carboxylic acids is 1. The van der Waals surface area contributed by atoms with E-state index >= 15 is 0 Å². The van der Waals surface area contributed by atoms with E-state index in [0.717, 1.165) is 73.6 Å². The predicted octanol–water partition coefficient (Wildman–Crippen LogP) is 5.54. The number of aliphatic carboxylic acids is 1. The van der Waals surface area contributed by atoms with Gasteiger partial charge in [0.05, 0.1) is 19.6 Å². The van der Waals surface area contributed by atoms with E-state index in [9.17, 15) is 24.3 Å². The SMILES string of the molecule is CN(C(=O)OCC1c2ccccc2-c2ccccc21)[C@H](C(=O)N(CCC1CCCC1)[C@@H](CC(=O)O)C(=O)N1CCOCC1)C1CCCC1. The Hall–Kier alpha value is -3.92. The van der Waals surface area contributed by atoms with Crippen molar-refractivity contribution in [2.45, 2.75) is 82.2 Å². The van der Waals surface area contributed by atoms with E-state index in [1.54, 1.807) is 11.9 Å². The van der Waals surface area contributed by atoms with E-state index in [4.69, 9.17) is 9.47 Å². The first-order valence-electron chi connectivity index (χ1n) is 17.8. The quantitative estimate of drug-likeness (QED) is 0.318. The van der Waals surface area contributed by atoms with Gasteiger partial charge in [0, 0.05) is 32.6 Å². The smallest absolute Gasteiger partial charge is 0.410 e. The van der Waals surface area contributed by atoms with E-state index < -0.39 is 30.6 Å². The molecule has 3 aliphatic carbocycles. The lowest BCUT2D eigenvalue weighted by molar-refractivity contribution is -0.155. The Balaban J connectivity index is 1.25. The maximum absolute atomic E-state index is 14.9. The molecule has 0 spiro atoms. The normalized spacial score (nSPS) is 19.4. The lowest BCUT2D eigenvalue weighted by Gasteiger charge is -2.40. The number of ether oxygens (including phenoxy) is 2. The summed E-state index contributed by atoms with van der Waals surface area (Å²) in [5.41, 5.74) is 4.48. The first-order chi connectivity index (χ1) is 23.3. The number of carbonyl (C=O) groups is 4. The Bertz CT molecular complexity index is 1420. The van der Waals surface area contributed by atoms with Gasteiger partial charge in [-0.2, -0.15) is 0 Å². The van der Waals surface area contributed by atoms with Crippen LogP contribution in [0.4, 0.5) is 4.79 Å². The van der Waals surface area contributed by atoms with Crippen LogP contribution in [0.5, 0.6) is 0 Å². The van der Waals surface area contributed by atoms with Crippen LogP contribution in [0.15, 0.2) is 48.5 Å². The maximum atomic E-state index is 14.9. The molecule has 1 aliphatic heterocycles. The van der Waals surface area contributed by atoms with Crippen LogP contribution in [-0.2, 0) is 23.9 Å². The van der Waals surface area contributed by atoms with Gasteiger partial charge < -0.3 is 24.4 Å². The number of morpholine rings is 1. The number of hydrogen-bond donors (Lipinski definition) is 1. The third-order valence-corrected chi connectivity index (χ3v) is 11.0. The summed E-state index contributed by atoms with van der Waals surface area (Å²) >= 11 is 0. The van der Waals surface area contributed by atoms with Gasteiger partial charge in [-0.05, 0) is 53.4 Å². The predicted molar refractivity (Wildman–Crippen MR) is 180 cm³/mol. The van der Waals surface area contributed by atoms with E-state index in [1.807, 2.05) is 24.3 Å². The highest BCUT2D eigenvalue weighted by Crippen LogP contribution is 2.44. The number of fused-ring (bicyclic) bond motifs is 3. The molecule has 10 heteroatoms. The highest BCUT2D eigenvalue weighted by atomic mass is 16.6. The van der Waals surface area contributed by atoms with Gasteiger partial charge in [0.1, 0.15) is 18.7 Å². The fraction of sp³-hybridized carbons (Fsp3) is 0.579. The summed E-state index contributed by atoms with van der Waals surface area (Å²) in [4.78, 5) is 59.5. The molecule has 1 saturated heterocycles. The molecule has 3 amide bonds. The van der Waals surface area contributed by atoms with Crippen LogP contribution >= 0.6 is 0 Å². The van der Waals surface area contributed by atoms with Crippen LogP contribution < -0.4 is 0 Å². The van der Waals surface area contributed by atoms with Crippen LogP contribution in [0.25, 0.3) is 11.1 Å². The first kappa shape index (κ1) is 34.0. The molecule has 48 heavy (non-hydrogen) atoms. The van der Waals surface area contributed by atoms with E-state index in [-0.39, 0.29) is 36.8 Å². The average Bonchev–Trinajstić information content (AvgIpc) is 3.89. The zero-order valence-electron chi connectivity index (χ0n) is 28.1. The molecule has 6 rings (SSSR count). The number of carbonyl (C=O) groups excluding carboxylic acids is 3. The van der Waals surface area contributed by atoms with Gasteiger partial charge in [-0.1, -0.05) is 87.1 Å². The molecule has 3 fully saturated rings. The minimum atomic E-state index is -1.16. The van der Waals surface area contributed by atoms with E-state index in [2.05, 4.69) is 24.3 Å². The molecular formula is C38H49N3O7. The second-order valence-corrected chi connectivity index (χ2v) is 13.9. The number of benzene rings is 2. The van der Waals surface area contributed by atoms with Crippen LogP contribution in [0.1, 0.15) is 81.3 Å². The number of likely N-dealkylation sites (N-methyl/N-ethyl adjacent to an activating group) is 1. The largest absolute Gasteiger partial charge is 0.481 e. The minimum absolute atomic E-state index is 0.110. The van der Waals surface area contributed by atoms with Gasteiger partial charge >= 0.3 is 12.1 Å². The number of carboxylic acid groups (broad SMARTS) is 1. The molecule has 0 aromatic heterocycles. The molecule has 0 unspecified atom stereocenters. The summed E-state index contributed by atoms with van der Waals surface area (Å²) in [7, 11) is 1.62. The van der Waals surface area contributed by atoms with Crippen molar-refractivity contribution >= 4 is 23.9 Å². The van der Waals surface area contributed by atoms with Gasteiger partial charge in [0.25, 0.3) is 0 Å². The summed E-state index contributed by atoms with van der Waals surface area (Å²) in [5, 5.41) is 9.98. The summed E-state index contributed by atoms with van der Waals surface area (Å²) in [6.45, 7) is 1.86. The highest BCUT2D eigenvalue weighted by molar-refractivity contribution is 5.93. The molecule has 2 atom stereocenters. The maximum Gasteiger partial charge on any atom is 0.410 e. The Kier molecular flexibility index (Phi) is 11.0. The summed E-state index contributed by atoms with van der Waals surface area (Å²) in [6, 6.07) is 14.3. The molecule has 0 radical (unpaired) electrons. The molecule has 2 aromatic rings. The van der Waals surface area contributed by atoms with Crippen LogP contribution in [-0.4, -0.2) is 102 Å². The van der Waals surface area contributed by atoms with Crippen molar-refractivity contribution < 1.29 is 33.8 Å². The van der Waals surface area contributed by atoms with E-state index in [0.29, 0.717) is 38.6 Å².